The van der Waals surface area contributed by atoms with Crippen LogP contribution in [0.2, 0.25) is 0 Å². The first-order valence-electron chi connectivity index (χ1n) is 9.72. The van der Waals surface area contributed by atoms with E-state index >= 15 is 4.39 Å². The fourth-order valence-electron chi connectivity index (χ4n) is 3.28. The van der Waals surface area contributed by atoms with Crippen LogP contribution in [0.4, 0.5) is 14.5 Å². The van der Waals surface area contributed by atoms with E-state index in [1.807, 2.05) is 0 Å². The van der Waals surface area contributed by atoms with E-state index in [-0.39, 0.29) is 24.2 Å². The third-order valence-electron chi connectivity index (χ3n) is 4.86. The summed E-state index contributed by atoms with van der Waals surface area (Å²) in [4.78, 5) is 31.5. The highest BCUT2D eigenvalue weighted by Crippen LogP contribution is 2.29. The zero-order valence-corrected chi connectivity index (χ0v) is 18.2. The van der Waals surface area contributed by atoms with Crippen molar-refractivity contribution in [3.63, 3.8) is 0 Å². The Bertz CT molecular complexity index is 1200. The lowest BCUT2D eigenvalue weighted by atomic mass is 10.0. The van der Waals surface area contributed by atoms with Gasteiger partial charge in [0.05, 0.1) is 18.4 Å². The second-order valence-corrected chi connectivity index (χ2v) is 7.84. The molecule has 2 heterocycles. The molecule has 0 spiro atoms. The molecule has 2 N–H and O–H groups in total. The molecule has 1 unspecified atom stereocenters. The van der Waals surface area contributed by atoms with Gasteiger partial charge in [-0.05, 0) is 36.6 Å². The number of hydrogen-bond donors (Lipinski definition) is 2. The van der Waals surface area contributed by atoms with Gasteiger partial charge in [-0.25, -0.2) is 18.0 Å². The average molecular weight is 465 g/mol. The number of fused-ring (bicyclic) bond motifs is 1. The van der Waals surface area contributed by atoms with Crippen LogP contribution in [0, 0.1) is 11.6 Å². The molecule has 3 aromatic rings. The van der Waals surface area contributed by atoms with Crippen molar-refractivity contribution in [1.82, 2.24) is 9.97 Å². The summed E-state index contributed by atoms with van der Waals surface area (Å²) in [7, 11) is 1.28. The fourth-order valence-corrected chi connectivity index (χ4v) is 3.93. The van der Waals surface area contributed by atoms with E-state index in [0.29, 0.717) is 29.4 Å². The first-order chi connectivity index (χ1) is 15.3. The van der Waals surface area contributed by atoms with Crippen LogP contribution in [0.3, 0.4) is 0 Å². The number of carbonyl (C=O) groups is 2. The topological polar surface area (TPSA) is 113 Å². The second-order valence-electron chi connectivity index (χ2n) is 6.94. The Balaban J connectivity index is 2.04. The van der Waals surface area contributed by atoms with Gasteiger partial charge in [0.15, 0.2) is 5.82 Å². The minimum Gasteiger partial charge on any atom is -0.469 e. The monoisotopic (exact) mass is 465 g/mol. The molecule has 11 heteroatoms. The molecule has 8 nitrogen and oxygen atoms in total. The summed E-state index contributed by atoms with van der Waals surface area (Å²) in [6.07, 6.45) is 3.66. The Hall–Kier alpha value is -3.18. The number of nitrogens with zero attached hydrogens (tertiary/aromatic N) is 2. The van der Waals surface area contributed by atoms with E-state index in [0.717, 1.165) is 16.4 Å². The van der Waals surface area contributed by atoms with Gasteiger partial charge in [-0.2, -0.15) is 0 Å². The lowest BCUT2D eigenvalue weighted by Gasteiger charge is -2.20. The summed E-state index contributed by atoms with van der Waals surface area (Å²) in [5.74, 6) is -3.68. The zero-order valence-electron chi connectivity index (χ0n) is 17.4. The summed E-state index contributed by atoms with van der Waals surface area (Å²) in [5, 5.41) is 0.331. The highest BCUT2D eigenvalue weighted by Gasteiger charge is 2.27. The molecular weight excluding hydrogens is 444 g/mol. The van der Waals surface area contributed by atoms with E-state index < -0.39 is 40.2 Å². The molecule has 0 amide bonds. The number of aryl methyl sites for hydroxylation is 1. The molecule has 3 rings (SSSR count). The fraction of sp³-hybridized carbons (Fsp3) is 0.286. The summed E-state index contributed by atoms with van der Waals surface area (Å²) in [6.45, 7) is 1.75. The number of hydrogen-bond acceptors (Lipinski definition) is 5. The molecule has 0 radical (unpaired) electrons. The molecule has 2 aromatic heterocycles. The smallest absolute Gasteiger partial charge is 0.305 e. The maximum atomic E-state index is 15.2. The molecule has 0 fully saturated rings. The lowest BCUT2D eigenvalue weighted by Crippen LogP contribution is -2.27. The van der Waals surface area contributed by atoms with Crippen molar-refractivity contribution < 1.29 is 31.9 Å². The Kier molecular flexibility index (Phi) is 7.31. The van der Waals surface area contributed by atoms with Crippen LogP contribution in [0.1, 0.15) is 41.3 Å². The molecule has 1 atom stereocenters. The van der Waals surface area contributed by atoms with E-state index in [9.17, 15) is 22.7 Å². The number of anilines is 1. The third kappa shape index (κ3) is 4.68. The maximum absolute atomic E-state index is 15.2. The quantitative estimate of drug-likeness (QED) is 0.284. The Morgan fingerprint density at radius 3 is 2.72 bits per heavy atom. The van der Waals surface area contributed by atoms with Crippen molar-refractivity contribution >= 4 is 39.7 Å². The van der Waals surface area contributed by atoms with Gasteiger partial charge in [0.25, 0.3) is 11.3 Å². The number of aromatic nitrogens is 2. The highest BCUT2D eigenvalue weighted by atomic mass is 32.2. The number of halogens is 2. The Morgan fingerprint density at radius 1 is 1.31 bits per heavy atom. The summed E-state index contributed by atoms with van der Waals surface area (Å²) < 4.78 is 56.3. The number of aromatic amines is 1. The number of esters is 1. The van der Waals surface area contributed by atoms with Crippen LogP contribution in [-0.2, 0) is 27.2 Å². The van der Waals surface area contributed by atoms with Crippen molar-refractivity contribution in [3.8, 4) is 0 Å². The summed E-state index contributed by atoms with van der Waals surface area (Å²) in [6, 6.07) is 3.52. The average Bonchev–Trinajstić information content (AvgIpc) is 3.19. The van der Waals surface area contributed by atoms with Crippen molar-refractivity contribution in [2.75, 3.05) is 18.0 Å². The SMILES string of the molecule is CCCN(c1ccc(F)c(C(=O)c2c[nH]c3ncc(CCC(=O)OC)cc23)c1F)S(=O)O. The van der Waals surface area contributed by atoms with E-state index in [4.69, 9.17) is 0 Å². The van der Waals surface area contributed by atoms with Gasteiger partial charge in [-0.15, -0.1) is 0 Å². The van der Waals surface area contributed by atoms with E-state index in [2.05, 4.69) is 14.7 Å². The molecule has 0 aliphatic carbocycles. The summed E-state index contributed by atoms with van der Waals surface area (Å²) >= 11 is -2.56. The minimum atomic E-state index is -2.56. The van der Waals surface area contributed by atoms with Crippen molar-refractivity contribution in [3.05, 3.63) is 58.9 Å². The van der Waals surface area contributed by atoms with Gasteiger partial charge in [-0.1, -0.05) is 6.92 Å². The van der Waals surface area contributed by atoms with Crippen LogP contribution in [-0.4, -0.2) is 44.1 Å². The predicted octanol–water partition coefficient (Wildman–Crippen LogP) is 3.53. The van der Waals surface area contributed by atoms with Gasteiger partial charge in [0, 0.05) is 36.3 Å². The third-order valence-corrected chi connectivity index (χ3v) is 5.62. The van der Waals surface area contributed by atoms with Crippen LogP contribution >= 0.6 is 0 Å². The molecule has 0 aliphatic rings. The highest BCUT2D eigenvalue weighted by molar-refractivity contribution is 7.80. The van der Waals surface area contributed by atoms with Gasteiger partial charge in [0.2, 0.25) is 5.78 Å². The van der Waals surface area contributed by atoms with Gasteiger partial charge in [0.1, 0.15) is 11.5 Å². The predicted molar refractivity (Wildman–Crippen MR) is 115 cm³/mol. The number of pyridine rings is 1. The van der Waals surface area contributed by atoms with Crippen molar-refractivity contribution in [1.29, 1.82) is 0 Å². The van der Waals surface area contributed by atoms with Crippen molar-refractivity contribution in [2.45, 2.75) is 26.2 Å². The molecule has 1 aromatic carbocycles. The number of rotatable bonds is 9. The summed E-state index contributed by atoms with van der Waals surface area (Å²) in [5.41, 5.74) is -0.245. The largest absolute Gasteiger partial charge is 0.469 e. The molecule has 0 saturated heterocycles. The molecule has 0 aliphatic heterocycles. The van der Waals surface area contributed by atoms with E-state index in [1.165, 1.54) is 19.5 Å². The van der Waals surface area contributed by atoms with Crippen LogP contribution in [0.25, 0.3) is 11.0 Å². The lowest BCUT2D eigenvalue weighted by molar-refractivity contribution is -0.140. The number of ketones is 1. The van der Waals surface area contributed by atoms with Crippen molar-refractivity contribution in [2.24, 2.45) is 0 Å². The number of H-pyrrole nitrogens is 1. The maximum Gasteiger partial charge on any atom is 0.305 e. The number of ether oxygens (including phenoxy) is 1. The second kappa shape index (κ2) is 9.96. The van der Waals surface area contributed by atoms with E-state index in [1.54, 1.807) is 13.0 Å². The van der Waals surface area contributed by atoms with Crippen LogP contribution in [0.15, 0.2) is 30.6 Å². The van der Waals surface area contributed by atoms with Gasteiger partial charge in [-0.3, -0.25) is 18.4 Å². The number of nitrogens with one attached hydrogen (secondary N) is 1. The Morgan fingerprint density at radius 2 is 2.06 bits per heavy atom. The number of benzene rings is 1. The zero-order chi connectivity index (χ0) is 23.4. The molecular formula is C21H21F2N3O5S. The molecule has 0 saturated carbocycles. The van der Waals surface area contributed by atoms with Crippen LogP contribution in [0.5, 0.6) is 0 Å². The molecule has 170 valence electrons. The minimum absolute atomic E-state index is 0.0190. The van der Waals surface area contributed by atoms with Crippen LogP contribution < -0.4 is 4.31 Å². The Labute approximate surface area is 185 Å². The molecule has 32 heavy (non-hydrogen) atoms. The number of carbonyl (C=O) groups excluding carboxylic acids is 2. The first-order valence-corrected chi connectivity index (χ1v) is 10.8. The number of methoxy groups -OCH3 is 1. The van der Waals surface area contributed by atoms with Gasteiger partial charge < -0.3 is 9.72 Å². The first kappa shape index (κ1) is 23.5. The normalized spacial score (nSPS) is 12.0. The van der Waals surface area contributed by atoms with Gasteiger partial charge >= 0.3 is 5.97 Å². The molecule has 0 bridgehead atoms. The standard InChI is InChI=1S/C21H21F2N3O5S/c1-3-8-26(32(29)30)16-6-5-15(22)18(19(16)23)20(28)14-11-25-21-13(14)9-12(10-24-21)4-7-17(27)31-2/h5-6,9-11H,3-4,7-8H2,1-2H3,(H,24,25)(H,29,30).